The highest BCUT2D eigenvalue weighted by atomic mass is 16.6. The fourth-order valence-electron chi connectivity index (χ4n) is 1.55. The Labute approximate surface area is 154 Å². The van der Waals surface area contributed by atoms with Gasteiger partial charge in [-0.3, -0.25) is 4.79 Å². The van der Waals surface area contributed by atoms with Crippen LogP contribution in [0.5, 0.6) is 0 Å². The molecule has 0 rings (SSSR count). The summed E-state index contributed by atoms with van der Waals surface area (Å²) in [5, 5.41) is 2.52. The number of rotatable bonds is 17. The lowest BCUT2D eigenvalue weighted by Crippen LogP contribution is -2.19. The van der Waals surface area contributed by atoms with Gasteiger partial charge in [-0.15, -0.1) is 0 Å². The van der Waals surface area contributed by atoms with Gasteiger partial charge in [-0.1, -0.05) is 34.6 Å². The smallest absolute Gasteiger partial charge is 0.207 e. The first kappa shape index (κ1) is 26.5. The summed E-state index contributed by atoms with van der Waals surface area (Å²) in [5.74, 6) is 1.58. The van der Waals surface area contributed by atoms with E-state index < -0.39 is 0 Å². The second-order valence-electron chi connectivity index (χ2n) is 6.79. The molecule has 0 radical (unpaired) electrons. The summed E-state index contributed by atoms with van der Waals surface area (Å²) in [4.78, 5) is 9.95. The molecule has 0 aromatic heterocycles. The molecule has 6 heteroatoms. The molecule has 0 aromatic carbocycles. The number of amides is 1. The van der Waals surface area contributed by atoms with Crippen molar-refractivity contribution in [2.24, 2.45) is 11.8 Å². The third kappa shape index (κ3) is 35.3. The van der Waals surface area contributed by atoms with Crippen LogP contribution in [0.15, 0.2) is 0 Å². The van der Waals surface area contributed by atoms with Crippen molar-refractivity contribution in [1.82, 2.24) is 5.32 Å². The predicted molar refractivity (Wildman–Crippen MR) is 102 cm³/mol. The molecule has 0 fully saturated rings. The Bertz CT molecular complexity index is 247. The summed E-state index contributed by atoms with van der Waals surface area (Å²) in [5.41, 5.74) is 0. The van der Waals surface area contributed by atoms with Crippen molar-refractivity contribution in [1.29, 1.82) is 0 Å². The van der Waals surface area contributed by atoms with Crippen molar-refractivity contribution in [3.05, 3.63) is 0 Å². The van der Waals surface area contributed by atoms with Crippen LogP contribution in [0.1, 0.15) is 47.5 Å². The molecular formula is C19H41NO5. The molecule has 1 N–H and O–H groups in total. The SMILES string of the molecule is CC(C)C.CC(C)CCCOCCOCCOCCOCCNC=O. The molecule has 0 saturated heterocycles. The van der Waals surface area contributed by atoms with Crippen LogP contribution in [0, 0.1) is 11.8 Å². The van der Waals surface area contributed by atoms with Crippen LogP contribution in [-0.2, 0) is 23.7 Å². The lowest BCUT2D eigenvalue weighted by Gasteiger charge is -2.08. The second kappa shape index (κ2) is 23.3. The van der Waals surface area contributed by atoms with Crippen molar-refractivity contribution < 1.29 is 23.7 Å². The Morgan fingerprint density at radius 1 is 0.720 bits per heavy atom. The minimum Gasteiger partial charge on any atom is -0.379 e. The van der Waals surface area contributed by atoms with E-state index in [1.165, 1.54) is 6.42 Å². The van der Waals surface area contributed by atoms with Gasteiger partial charge in [0.1, 0.15) is 0 Å². The van der Waals surface area contributed by atoms with Crippen LogP contribution in [0.2, 0.25) is 0 Å². The zero-order valence-corrected chi connectivity index (χ0v) is 17.1. The van der Waals surface area contributed by atoms with Gasteiger partial charge in [0.2, 0.25) is 6.41 Å². The van der Waals surface area contributed by atoms with Gasteiger partial charge >= 0.3 is 0 Å². The zero-order chi connectivity index (χ0) is 19.2. The van der Waals surface area contributed by atoms with Crippen LogP contribution >= 0.6 is 0 Å². The first-order chi connectivity index (χ1) is 12.0. The highest BCUT2D eigenvalue weighted by Gasteiger charge is 1.95. The Kier molecular flexibility index (Phi) is 24.7. The Morgan fingerprint density at radius 2 is 1.12 bits per heavy atom. The standard InChI is InChI=1S/C15H31NO5.C4H10/c1-15(2)4-3-6-18-8-10-20-12-13-21-11-9-19-7-5-16-14-17;1-4(2)3/h14-15H,3-13H2,1-2H3,(H,16,17);4H,1-3H3. The minimum absolute atomic E-state index is 0.507. The van der Waals surface area contributed by atoms with Gasteiger partial charge in [0.15, 0.2) is 0 Å². The lowest BCUT2D eigenvalue weighted by molar-refractivity contribution is -0.109. The average molecular weight is 364 g/mol. The summed E-state index contributed by atoms with van der Waals surface area (Å²) in [6.07, 6.45) is 2.98. The van der Waals surface area contributed by atoms with Gasteiger partial charge in [-0.2, -0.15) is 0 Å². The summed E-state index contributed by atoms with van der Waals surface area (Å²) in [6, 6.07) is 0. The highest BCUT2D eigenvalue weighted by molar-refractivity contribution is 5.45. The molecule has 0 bridgehead atoms. The fourth-order valence-corrected chi connectivity index (χ4v) is 1.55. The minimum atomic E-state index is 0.507. The summed E-state index contributed by atoms with van der Waals surface area (Å²) in [6.45, 7) is 16.2. The van der Waals surface area contributed by atoms with Crippen LogP contribution in [0.4, 0.5) is 0 Å². The third-order valence-corrected chi connectivity index (χ3v) is 2.66. The number of nitrogens with one attached hydrogen (secondary N) is 1. The van der Waals surface area contributed by atoms with Crippen molar-refractivity contribution >= 4 is 6.41 Å². The lowest BCUT2D eigenvalue weighted by atomic mass is 10.1. The number of carbonyl (C=O) groups excluding carboxylic acids is 1. The molecule has 152 valence electrons. The first-order valence-corrected chi connectivity index (χ1v) is 9.48. The molecule has 0 saturated carbocycles. The van der Waals surface area contributed by atoms with Crippen LogP contribution in [0.3, 0.4) is 0 Å². The van der Waals surface area contributed by atoms with Gasteiger partial charge < -0.3 is 24.3 Å². The van der Waals surface area contributed by atoms with Gasteiger partial charge in [-0.25, -0.2) is 0 Å². The Morgan fingerprint density at radius 3 is 1.52 bits per heavy atom. The highest BCUT2D eigenvalue weighted by Crippen LogP contribution is 2.02. The zero-order valence-electron chi connectivity index (χ0n) is 17.1. The Balaban J connectivity index is 0. The summed E-state index contributed by atoms with van der Waals surface area (Å²) >= 11 is 0. The Hall–Kier alpha value is -0.690. The van der Waals surface area contributed by atoms with Crippen LogP contribution < -0.4 is 5.32 Å². The van der Waals surface area contributed by atoms with Gasteiger partial charge in [0.05, 0.1) is 46.2 Å². The molecule has 0 unspecified atom stereocenters. The molecule has 0 aliphatic carbocycles. The number of hydrogen-bond acceptors (Lipinski definition) is 5. The molecule has 25 heavy (non-hydrogen) atoms. The van der Waals surface area contributed by atoms with E-state index in [1.54, 1.807) is 0 Å². The summed E-state index contributed by atoms with van der Waals surface area (Å²) < 4.78 is 21.4. The molecule has 1 amide bonds. The quantitative estimate of drug-likeness (QED) is 0.318. The first-order valence-electron chi connectivity index (χ1n) is 9.48. The van der Waals surface area contributed by atoms with Crippen LogP contribution in [-0.4, -0.2) is 65.8 Å². The average Bonchev–Trinajstić information content (AvgIpc) is 2.53. The molecule has 6 nitrogen and oxygen atoms in total. The van der Waals surface area contributed by atoms with E-state index >= 15 is 0 Å². The number of ether oxygens (including phenoxy) is 4. The number of hydrogen-bond donors (Lipinski definition) is 1. The van der Waals surface area contributed by atoms with E-state index in [4.69, 9.17) is 18.9 Å². The van der Waals surface area contributed by atoms with Crippen LogP contribution in [0.25, 0.3) is 0 Å². The van der Waals surface area contributed by atoms with E-state index in [0.717, 1.165) is 24.9 Å². The topological polar surface area (TPSA) is 66.0 Å². The maximum atomic E-state index is 9.95. The molecule has 0 spiro atoms. The van der Waals surface area contributed by atoms with Crippen molar-refractivity contribution in [3.8, 4) is 0 Å². The molecule has 0 aromatic rings. The maximum absolute atomic E-state index is 9.95. The normalized spacial score (nSPS) is 10.7. The largest absolute Gasteiger partial charge is 0.379 e. The van der Waals surface area contributed by atoms with Gasteiger partial charge in [0.25, 0.3) is 0 Å². The molecule has 0 aliphatic heterocycles. The molecule has 0 heterocycles. The van der Waals surface area contributed by atoms with Crippen molar-refractivity contribution in [2.45, 2.75) is 47.5 Å². The molecule has 0 aliphatic rings. The maximum Gasteiger partial charge on any atom is 0.207 e. The fraction of sp³-hybridized carbons (Fsp3) is 0.947. The molecular weight excluding hydrogens is 322 g/mol. The van der Waals surface area contributed by atoms with E-state index in [9.17, 15) is 4.79 Å². The second-order valence-corrected chi connectivity index (χ2v) is 6.79. The number of carbonyl (C=O) groups is 1. The monoisotopic (exact) mass is 363 g/mol. The van der Waals surface area contributed by atoms with Crippen molar-refractivity contribution in [3.63, 3.8) is 0 Å². The molecule has 0 atom stereocenters. The van der Waals surface area contributed by atoms with E-state index in [-0.39, 0.29) is 0 Å². The predicted octanol–water partition coefficient (Wildman–Crippen LogP) is 2.90. The van der Waals surface area contributed by atoms with E-state index in [0.29, 0.717) is 59.2 Å². The van der Waals surface area contributed by atoms with E-state index in [1.807, 2.05) is 0 Å². The van der Waals surface area contributed by atoms with Crippen molar-refractivity contribution in [2.75, 3.05) is 59.4 Å². The third-order valence-electron chi connectivity index (χ3n) is 2.66. The van der Waals surface area contributed by atoms with Gasteiger partial charge in [0, 0.05) is 13.2 Å². The van der Waals surface area contributed by atoms with Gasteiger partial charge in [-0.05, 0) is 24.7 Å². The van der Waals surface area contributed by atoms with E-state index in [2.05, 4.69) is 39.9 Å². The summed E-state index contributed by atoms with van der Waals surface area (Å²) in [7, 11) is 0.